The van der Waals surface area contributed by atoms with Gasteiger partial charge in [0, 0.05) is 12.6 Å². The zero-order chi connectivity index (χ0) is 14.5. The molecular weight excluding hydrogens is 324 g/mol. The van der Waals surface area contributed by atoms with Crippen LogP contribution in [0.1, 0.15) is 31.2 Å². The molecule has 0 spiro atoms. The second-order valence-electron chi connectivity index (χ2n) is 4.54. The lowest BCUT2D eigenvalue weighted by Gasteiger charge is -2.09. The van der Waals surface area contributed by atoms with Gasteiger partial charge in [-0.2, -0.15) is 5.10 Å². The maximum atomic E-state index is 12.1. The van der Waals surface area contributed by atoms with E-state index < -0.39 is 0 Å². The standard InChI is InChI=1S/C13H17BrN4O2/c1-3-4-5-18-13(19)12(14)11(8-16-18)15-7-10-6-9(2)17-20-10/h6,8,15H,3-5,7H2,1-2H3. The molecule has 0 aliphatic rings. The lowest BCUT2D eigenvalue weighted by Crippen LogP contribution is -2.24. The van der Waals surface area contributed by atoms with Gasteiger partial charge in [-0.3, -0.25) is 4.79 Å². The largest absolute Gasteiger partial charge is 0.375 e. The van der Waals surface area contributed by atoms with Gasteiger partial charge in [-0.25, -0.2) is 4.68 Å². The molecule has 2 aromatic heterocycles. The summed E-state index contributed by atoms with van der Waals surface area (Å²) in [6.07, 6.45) is 3.60. The number of hydrogen-bond donors (Lipinski definition) is 1. The van der Waals surface area contributed by atoms with Crippen molar-refractivity contribution in [1.29, 1.82) is 0 Å². The summed E-state index contributed by atoms with van der Waals surface area (Å²) in [5, 5.41) is 11.1. The average Bonchev–Trinajstić information content (AvgIpc) is 2.85. The van der Waals surface area contributed by atoms with E-state index in [0.29, 0.717) is 29.0 Å². The van der Waals surface area contributed by atoms with E-state index in [0.717, 1.165) is 18.5 Å². The summed E-state index contributed by atoms with van der Waals surface area (Å²) < 4.78 is 7.06. The second kappa shape index (κ2) is 6.69. The van der Waals surface area contributed by atoms with E-state index in [-0.39, 0.29) is 5.56 Å². The molecule has 6 nitrogen and oxygen atoms in total. The predicted molar refractivity (Wildman–Crippen MR) is 79.7 cm³/mol. The van der Waals surface area contributed by atoms with Crippen LogP contribution in [-0.2, 0) is 13.1 Å². The molecule has 0 atom stereocenters. The molecule has 7 heteroatoms. The summed E-state index contributed by atoms with van der Waals surface area (Å²) in [5.74, 6) is 0.713. The fraction of sp³-hybridized carbons (Fsp3) is 0.462. The lowest BCUT2D eigenvalue weighted by atomic mass is 10.3. The number of rotatable bonds is 6. The number of nitrogens with one attached hydrogen (secondary N) is 1. The lowest BCUT2D eigenvalue weighted by molar-refractivity contribution is 0.384. The normalized spacial score (nSPS) is 10.8. The van der Waals surface area contributed by atoms with E-state index in [1.165, 1.54) is 4.68 Å². The van der Waals surface area contributed by atoms with Gasteiger partial charge in [0.25, 0.3) is 5.56 Å². The number of aryl methyl sites for hydroxylation is 2. The summed E-state index contributed by atoms with van der Waals surface area (Å²) in [4.78, 5) is 12.1. The molecular formula is C13H17BrN4O2. The van der Waals surface area contributed by atoms with Gasteiger partial charge in [0.15, 0.2) is 5.76 Å². The van der Waals surface area contributed by atoms with Crippen LogP contribution in [0, 0.1) is 6.92 Å². The molecule has 0 radical (unpaired) electrons. The van der Waals surface area contributed by atoms with Gasteiger partial charge in [-0.15, -0.1) is 0 Å². The molecule has 108 valence electrons. The molecule has 0 saturated heterocycles. The first-order valence-corrected chi connectivity index (χ1v) is 7.32. The Kier molecular flexibility index (Phi) is 4.94. The Morgan fingerprint density at radius 1 is 1.50 bits per heavy atom. The summed E-state index contributed by atoms with van der Waals surface area (Å²) in [5.41, 5.74) is 1.35. The van der Waals surface area contributed by atoms with Crippen LogP contribution >= 0.6 is 15.9 Å². The molecule has 0 amide bonds. The highest BCUT2D eigenvalue weighted by molar-refractivity contribution is 9.10. The molecule has 0 bridgehead atoms. The quantitative estimate of drug-likeness (QED) is 0.875. The third kappa shape index (κ3) is 3.47. The molecule has 0 fully saturated rings. The summed E-state index contributed by atoms with van der Waals surface area (Å²) in [7, 11) is 0. The van der Waals surface area contributed by atoms with Crippen molar-refractivity contribution in [3.05, 3.63) is 38.5 Å². The number of anilines is 1. The first-order valence-electron chi connectivity index (χ1n) is 6.53. The summed E-state index contributed by atoms with van der Waals surface area (Å²) in [6, 6.07) is 1.84. The van der Waals surface area contributed by atoms with E-state index in [2.05, 4.69) is 38.4 Å². The van der Waals surface area contributed by atoms with Crippen LogP contribution in [0.3, 0.4) is 0 Å². The van der Waals surface area contributed by atoms with Gasteiger partial charge in [0.1, 0.15) is 4.47 Å². The van der Waals surface area contributed by atoms with Crippen LogP contribution in [0.15, 0.2) is 26.1 Å². The first-order chi connectivity index (χ1) is 9.61. The minimum atomic E-state index is -0.128. The topological polar surface area (TPSA) is 73.0 Å². The fourth-order valence-corrected chi connectivity index (χ4v) is 2.18. The van der Waals surface area contributed by atoms with Crippen molar-refractivity contribution in [2.24, 2.45) is 0 Å². The van der Waals surface area contributed by atoms with Crippen LogP contribution in [0.25, 0.3) is 0 Å². The predicted octanol–water partition coefficient (Wildman–Crippen LogP) is 2.71. The Morgan fingerprint density at radius 2 is 2.30 bits per heavy atom. The highest BCUT2D eigenvalue weighted by Crippen LogP contribution is 2.17. The summed E-state index contributed by atoms with van der Waals surface area (Å²) in [6.45, 7) is 5.03. The molecule has 0 aliphatic heterocycles. The van der Waals surface area contributed by atoms with Crippen LogP contribution in [0.2, 0.25) is 0 Å². The van der Waals surface area contributed by atoms with Crippen LogP contribution in [0.4, 0.5) is 5.69 Å². The highest BCUT2D eigenvalue weighted by Gasteiger charge is 2.09. The van der Waals surface area contributed by atoms with Crippen molar-refractivity contribution in [2.75, 3.05) is 5.32 Å². The maximum absolute atomic E-state index is 12.1. The second-order valence-corrected chi connectivity index (χ2v) is 5.34. The molecule has 0 aliphatic carbocycles. The smallest absolute Gasteiger partial charge is 0.283 e. The average molecular weight is 341 g/mol. The summed E-state index contributed by atoms with van der Waals surface area (Å²) >= 11 is 3.32. The van der Waals surface area contributed by atoms with Crippen molar-refractivity contribution in [2.45, 2.75) is 39.8 Å². The van der Waals surface area contributed by atoms with Crippen molar-refractivity contribution >= 4 is 21.6 Å². The van der Waals surface area contributed by atoms with Crippen LogP contribution in [0.5, 0.6) is 0 Å². The number of nitrogens with zero attached hydrogens (tertiary/aromatic N) is 3. The monoisotopic (exact) mass is 340 g/mol. The van der Waals surface area contributed by atoms with Gasteiger partial charge in [-0.05, 0) is 29.3 Å². The Bertz CT molecular complexity index is 636. The third-order valence-electron chi connectivity index (χ3n) is 2.84. The molecule has 0 unspecified atom stereocenters. The number of hydrogen-bond acceptors (Lipinski definition) is 5. The van der Waals surface area contributed by atoms with E-state index >= 15 is 0 Å². The van der Waals surface area contributed by atoms with E-state index in [1.807, 2.05) is 13.0 Å². The molecule has 2 aromatic rings. The molecule has 0 saturated carbocycles. The van der Waals surface area contributed by atoms with E-state index in [4.69, 9.17) is 4.52 Å². The Balaban J connectivity index is 2.09. The van der Waals surface area contributed by atoms with Gasteiger partial charge in [-0.1, -0.05) is 18.5 Å². The van der Waals surface area contributed by atoms with Crippen LogP contribution < -0.4 is 10.9 Å². The van der Waals surface area contributed by atoms with Crippen molar-refractivity contribution in [3.63, 3.8) is 0 Å². The molecule has 2 rings (SSSR count). The van der Waals surface area contributed by atoms with Gasteiger partial charge >= 0.3 is 0 Å². The van der Waals surface area contributed by atoms with Gasteiger partial charge in [0.05, 0.1) is 24.1 Å². The first kappa shape index (κ1) is 14.8. The zero-order valence-electron chi connectivity index (χ0n) is 11.5. The molecule has 2 heterocycles. The Morgan fingerprint density at radius 3 is 2.95 bits per heavy atom. The number of aromatic nitrogens is 3. The van der Waals surface area contributed by atoms with Crippen molar-refractivity contribution in [1.82, 2.24) is 14.9 Å². The minimum absolute atomic E-state index is 0.128. The zero-order valence-corrected chi connectivity index (χ0v) is 13.1. The number of halogens is 1. The minimum Gasteiger partial charge on any atom is -0.375 e. The van der Waals surface area contributed by atoms with E-state index in [9.17, 15) is 4.79 Å². The van der Waals surface area contributed by atoms with E-state index in [1.54, 1.807) is 6.20 Å². The third-order valence-corrected chi connectivity index (χ3v) is 3.60. The Hall–Kier alpha value is -1.63. The van der Waals surface area contributed by atoms with Crippen molar-refractivity contribution < 1.29 is 4.52 Å². The number of unbranched alkanes of at least 4 members (excludes halogenated alkanes) is 1. The van der Waals surface area contributed by atoms with Gasteiger partial charge < -0.3 is 9.84 Å². The molecule has 0 aromatic carbocycles. The maximum Gasteiger partial charge on any atom is 0.283 e. The SMILES string of the molecule is CCCCn1ncc(NCc2cc(C)no2)c(Br)c1=O. The van der Waals surface area contributed by atoms with Crippen LogP contribution in [-0.4, -0.2) is 14.9 Å². The fourth-order valence-electron chi connectivity index (χ4n) is 1.74. The highest BCUT2D eigenvalue weighted by atomic mass is 79.9. The van der Waals surface area contributed by atoms with Crippen molar-refractivity contribution in [3.8, 4) is 0 Å². The molecule has 1 N–H and O–H groups in total. The molecule has 20 heavy (non-hydrogen) atoms. The Labute approximate surface area is 125 Å². The van der Waals surface area contributed by atoms with Gasteiger partial charge in [0.2, 0.25) is 0 Å².